The number of rotatable bonds is 2. The van der Waals surface area contributed by atoms with Crippen LogP contribution in [0, 0.1) is 5.92 Å². The Labute approximate surface area is 94.4 Å². The Morgan fingerprint density at radius 3 is 3.06 bits per heavy atom. The van der Waals surface area contributed by atoms with Crippen LogP contribution in [0.3, 0.4) is 0 Å². The molecule has 16 heavy (non-hydrogen) atoms. The number of hydrogen-bond acceptors (Lipinski definition) is 2. The molecule has 1 heterocycles. The van der Waals surface area contributed by atoms with Crippen LogP contribution in [0.1, 0.15) is 11.1 Å². The molecule has 0 saturated heterocycles. The van der Waals surface area contributed by atoms with Gasteiger partial charge in [0.15, 0.2) is 0 Å². The predicted molar refractivity (Wildman–Crippen MR) is 61.2 cm³/mol. The summed E-state index contributed by atoms with van der Waals surface area (Å²) in [5, 5.41) is 9.76. The fraction of sp³-hybridized carbons (Fsp3) is 0.308. The molecule has 0 amide bonds. The molecule has 1 atom stereocenters. The Morgan fingerprint density at radius 1 is 1.38 bits per heavy atom. The predicted octanol–water partition coefficient (Wildman–Crippen LogP) is 2.00. The van der Waals surface area contributed by atoms with Gasteiger partial charge in [0.05, 0.1) is 6.33 Å². The summed E-state index contributed by atoms with van der Waals surface area (Å²) < 4.78 is 2.10. The first-order valence-corrected chi connectivity index (χ1v) is 5.58. The maximum atomic E-state index is 9.76. The van der Waals surface area contributed by atoms with Crippen LogP contribution in [-0.4, -0.2) is 14.7 Å². The Morgan fingerprint density at radius 2 is 2.31 bits per heavy atom. The summed E-state index contributed by atoms with van der Waals surface area (Å²) in [6.45, 7) is 0.980. The molecule has 0 aliphatic heterocycles. The molecule has 82 valence electrons. The van der Waals surface area contributed by atoms with Crippen molar-refractivity contribution in [2.45, 2.75) is 19.4 Å². The molecule has 3 heteroatoms. The average molecular weight is 214 g/mol. The van der Waals surface area contributed by atoms with Crippen molar-refractivity contribution in [3.63, 3.8) is 0 Å². The van der Waals surface area contributed by atoms with Gasteiger partial charge in [-0.1, -0.05) is 12.1 Å². The van der Waals surface area contributed by atoms with Crippen molar-refractivity contribution in [3.8, 4) is 5.75 Å². The van der Waals surface area contributed by atoms with Gasteiger partial charge in [-0.25, -0.2) is 4.98 Å². The van der Waals surface area contributed by atoms with Crippen LogP contribution in [-0.2, 0) is 19.4 Å². The number of phenols is 1. The van der Waals surface area contributed by atoms with Gasteiger partial charge in [0.2, 0.25) is 0 Å². The van der Waals surface area contributed by atoms with E-state index in [9.17, 15) is 5.11 Å². The van der Waals surface area contributed by atoms with Gasteiger partial charge in [-0.3, -0.25) is 0 Å². The van der Waals surface area contributed by atoms with Crippen molar-refractivity contribution in [1.29, 1.82) is 0 Å². The summed E-state index contributed by atoms with van der Waals surface area (Å²) >= 11 is 0. The first-order valence-electron chi connectivity index (χ1n) is 5.58. The quantitative estimate of drug-likeness (QED) is 0.830. The highest BCUT2D eigenvalue weighted by atomic mass is 16.3. The van der Waals surface area contributed by atoms with Gasteiger partial charge < -0.3 is 9.67 Å². The molecule has 1 aromatic heterocycles. The SMILES string of the molecule is Oc1cccc2c1CC(Cn1ccnc1)C2. The molecule has 0 saturated carbocycles. The molecule has 3 nitrogen and oxygen atoms in total. The van der Waals surface area contributed by atoms with Crippen LogP contribution in [0.4, 0.5) is 0 Å². The molecule has 0 spiro atoms. The van der Waals surface area contributed by atoms with Crippen LogP contribution < -0.4 is 0 Å². The second kappa shape index (κ2) is 3.67. The molecule has 2 aromatic rings. The van der Waals surface area contributed by atoms with Gasteiger partial charge in [-0.2, -0.15) is 0 Å². The fourth-order valence-electron chi connectivity index (χ4n) is 2.54. The number of benzene rings is 1. The maximum absolute atomic E-state index is 9.76. The molecule has 1 aliphatic rings. The van der Waals surface area contributed by atoms with Crippen LogP contribution in [0.25, 0.3) is 0 Å². The molecular formula is C13H14N2O. The lowest BCUT2D eigenvalue weighted by Gasteiger charge is -2.09. The van der Waals surface area contributed by atoms with Gasteiger partial charge in [-0.05, 0) is 36.0 Å². The molecule has 3 rings (SSSR count). The van der Waals surface area contributed by atoms with Crippen molar-refractivity contribution < 1.29 is 5.11 Å². The summed E-state index contributed by atoms with van der Waals surface area (Å²) in [6, 6.07) is 5.81. The van der Waals surface area contributed by atoms with Gasteiger partial charge >= 0.3 is 0 Å². The minimum atomic E-state index is 0.450. The normalized spacial score (nSPS) is 18.6. The summed E-state index contributed by atoms with van der Waals surface area (Å²) in [7, 11) is 0. The van der Waals surface area contributed by atoms with E-state index in [4.69, 9.17) is 0 Å². The lowest BCUT2D eigenvalue weighted by atomic mass is 10.1. The summed E-state index contributed by atoms with van der Waals surface area (Å²) in [6.07, 6.45) is 7.67. The van der Waals surface area contributed by atoms with Crippen molar-refractivity contribution in [3.05, 3.63) is 48.0 Å². The first kappa shape index (κ1) is 9.46. The Bertz CT molecular complexity index is 491. The van der Waals surface area contributed by atoms with Gasteiger partial charge in [-0.15, -0.1) is 0 Å². The third-order valence-corrected chi connectivity index (χ3v) is 3.28. The van der Waals surface area contributed by atoms with E-state index in [1.807, 2.05) is 18.6 Å². The monoisotopic (exact) mass is 214 g/mol. The van der Waals surface area contributed by atoms with Crippen LogP contribution in [0.2, 0.25) is 0 Å². The second-order valence-electron chi connectivity index (χ2n) is 4.45. The van der Waals surface area contributed by atoms with Crippen molar-refractivity contribution in [2.24, 2.45) is 5.92 Å². The lowest BCUT2D eigenvalue weighted by molar-refractivity contribution is 0.447. The van der Waals surface area contributed by atoms with Crippen LogP contribution >= 0.6 is 0 Å². The van der Waals surface area contributed by atoms with E-state index < -0.39 is 0 Å². The number of fused-ring (bicyclic) bond motifs is 1. The third kappa shape index (κ3) is 1.58. The maximum Gasteiger partial charge on any atom is 0.119 e. The molecule has 0 fully saturated rings. The van der Waals surface area contributed by atoms with E-state index in [1.165, 1.54) is 5.56 Å². The zero-order valence-corrected chi connectivity index (χ0v) is 9.00. The van der Waals surface area contributed by atoms with Crippen LogP contribution in [0.15, 0.2) is 36.9 Å². The van der Waals surface area contributed by atoms with Gasteiger partial charge in [0.1, 0.15) is 5.75 Å². The molecule has 0 radical (unpaired) electrons. The first-order chi connectivity index (χ1) is 7.83. The number of hydrogen-bond donors (Lipinski definition) is 1. The summed E-state index contributed by atoms with van der Waals surface area (Å²) in [4.78, 5) is 4.04. The van der Waals surface area contributed by atoms with E-state index in [1.54, 1.807) is 12.3 Å². The van der Waals surface area contributed by atoms with Gasteiger partial charge in [0.25, 0.3) is 0 Å². The van der Waals surface area contributed by atoms with Crippen LogP contribution in [0.5, 0.6) is 5.75 Å². The minimum Gasteiger partial charge on any atom is -0.508 e. The number of phenolic OH excluding ortho intramolecular Hbond substituents is 1. The molecule has 1 aliphatic carbocycles. The zero-order valence-electron chi connectivity index (χ0n) is 9.00. The molecule has 1 aromatic carbocycles. The smallest absolute Gasteiger partial charge is 0.119 e. The fourth-order valence-corrected chi connectivity index (χ4v) is 2.54. The number of imidazole rings is 1. The summed E-state index contributed by atoms with van der Waals surface area (Å²) in [5.74, 6) is 1.03. The largest absolute Gasteiger partial charge is 0.508 e. The Balaban J connectivity index is 1.78. The zero-order chi connectivity index (χ0) is 11.0. The van der Waals surface area contributed by atoms with E-state index in [2.05, 4.69) is 15.6 Å². The minimum absolute atomic E-state index is 0.450. The third-order valence-electron chi connectivity index (χ3n) is 3.28. The Kier molecular flexibility index (Phi) is 2.17. The molecular weight excluding hydrogens is 200 g/mol. The van der Waals surface area contributed by atoms with Crippen molar-refractivity contribution in [1.82, 2.24) is 9.55 Å². The standard InChI is InChI=1S/C13H14N2O/c16-13-3-1-2-11-6-10(7-12(11)13)8-15-5-4-14-9-15/h1-5,9-10,16H,6-8H2. The second-order valence-corrected chi connectivity index (χ2v) is 4.45. The van der Waals surface area contributed by atoms with E-state index in [0.717, 1.165) is 24.9 Å². The molecule has 1 N–H and O–H groups in total. The van der Waals surface area contributed by atoms with E-state index in [-0.39, 0.29) is 0 Å². The topological polar surface area (TPSA) is 38.0 Å². The van der Waals surface area contributed by atoms with E-state index >= 15 is 0 Å². The van der Waals surface area contributed by atoms with Crippen molar-refractivity contribution >= 4 is 0 Å². The highest BCUT2D eigenvalue weighted by Crippen LogP contribution is 2.33. The van der Waals surface area contributed by atoms with Crippen molar-refractivity contribution in [2.75, 3.05) is 0 Å². The lowest BCUT2D eigenvalue weighted by Crippen LogP contribution is -2.09. The Hall–Kier alpha value is -1.77. The highest BCUT2D eigenvalue weighted by molar-refractivity contribution is 5.42. The number of nitrogens with zero attached hydrogens (tertiary/aromatic N) is 2. The average Bonchev–Trinajstić information content (AvgIpc) is 2.88. The number of aromatic hydroxyl groups is 1. The van der Waals surface area contributed by atoms with Gasteiger partial charge in [0, 0.05) is 18.9 Å². The van der Waals surface area contributed by atoms with E-state index in [0.29, 0.717) is 11.7 Å². The molecule has 0 bridgehead atoms. The number of aromatic nitrogens is 2. The highest BCUT2D eigenvalue weighted by Gasteiger charge is 2.23. The molecule has 1 unspecified atom stereocenters. The summed E-state index contributed by atoms with van der Waals surface area (Å²) in [5.41, 5.74) is 2.43.